The summed E-state index contributed by atoms with van der Waals surface area (Å²) in [5, 5.41) is 2.93. The van der Waals surface area contributed by atoms with E-state index in [1.807, 2.05) is 6.92 Å². The monoisotopic (exact) mass is 661 g/mol. The van der Waals surface area contributed by atoms with Gasteiger partial charge in [-0.15, -0.1) is 0 Å². The molecular formula is C37H59NO9. The summed E-state index contributed by atoms with van der Waals surface area (Å²) in [5.74, 6) is -0.367. The van der Waals surface area contributed by atoms with Gasteiger partial charge < -0.3 is 14.8 Å². The molecule has 5 aliphatic carbocycles. The first-order valence-corrected chi connectivity index (χ1v) is 18.6. The van der Waals surface area contributed by atoms with Crippen molar-refractivity contribution in [2.75, 3.05) is 6.54 Å². The second-order valence-electron chi connectivity index (χ2n) is 16.8. The molecule has 5 saturated carbocycles. The molecule has 10 heteroatoms. The number of carbonyl (C=O) groups excluding carboxylic acids is 3. The van der Waals surface area contributed by atoms with Crippen LogP contribution in [0, 0.1) is 52.3 Å². The molecule has 0 aromatic rings. The van der Waals surface area contributed by atoms with Gasteiger partial charge in [0.15, 0.2) is 0 Å². The van der Waals surface area contributed by atoms with Crippen LogP contribution in [0.15, 0.2) is 0 Å². The van der Waals surface area contributed by atoms with Crippen molar-refractivity contribution in [2.24, 2.45) is 52.3 Å². The fourth-order valence-electron chi connectivity index (χ4n) is 11.5. The van der Waals surface area contributed by atoms with Crippen molar-refractivity contribution in [2.45, 2.75) is 156 Å². The molecule has 1 aliphatic heterocycles. The van der Waals surface area contributed by atoms with Gasteiger partial charge in [0, 0.05) is 63.8 Å². The fourth-order valence-corrected chi connectivity index (χ4v) is 11.5. The van der Waals surface area contributed by atoms with Crippen LogP contribution in [0.2, 0.25) is 0 Å². The van der Waals surface area contributed by atoms with Gasteiger partial charge in [0.2, 0.25) is 17.5 Å². The molecule has 10 nitrogen and oxygen atoms in total. The third kappa shape index (κ3) is 6.38. The molecule has 2 spiro atoms. The zero-order valence-electron chi connectivity index (χ0n) is 29.8. The average Bonchev–Trinajstić information content (AvgIpc) is 3.38. The number of hydrogen-bond acceptors (Lipinski definition) is 9. The van der Waals surface area contributed by atoms with Crippen LogP contribution in [0.3, 0.4) is 0 Å². The van der Waals surface area contributed by atoms with Crippen LogP contribution in [0.5, 0.6) is 0 Å². The summed E-state index contributed by atoms with van der Waals surface area (Å²) in [4.78, 5) is 62.2. The quantitative estimate of drug-likeness (QED) is 0.232. The molecule has 0 radical (unpaired) electrons. The number of esters is 2. The SMILES string of the molecule is CCNC(=O)CC[C@@H](C)[C@H]1CC[C@H]2[C@@H]3[C@H](OC(C)=O)C[C@@H]4CC5(CC[C@]4(C)[C@H]3C[C@H](OC(C)=O)[C@]12C)OOC1(CCC(C)CC1)OO5. The summed E-state index contributed by atoms with van der Waals surface area (Å²) in [6.45, 7) is 14.8. The zero-order chi connectivity index (χ0) is 33.8. The van der Waals surface area contributed by atoms with Crippen LogP contribution in [-0.4, -0.2) is 48.2 Å². The van der Waals surface area contributed by atoms with E-state index in [9.17, 15) is 14.4 Å². The van der Waals surface area contributed by atoms with Gasteiger partial charge in [-0.25, -0.2) is 0 Å². The Bertz CT molecular complexity index is 1170. The van der Waals surface area contributed by atoms with Gasteiger partial charge in [-0.3, -0.25) is 14.4 Å². The summed E-state index contributed by atoms with van der Waals surface area (Å²) in [7, 11) is 0. The minimum absolute atomic E-state index is 0.0840. The standard InChI is InChI=1S/C37H59NO9/c1-8-38-32(41)12-9-23(3)27-10-11-28-33-29(20-31(35(27,28)7)43-25(5)40)34(6)17-18-37(21-26(34)19-30(33)42-24(4)39)46-44-36(45-47-37)15-13-22(2)14-16-36/h22-23,26-31,33H,8-21H2,1-7H3,(H,38,41)/t22?,23-,26-,27-,28+,29+,30-,31+,33+,34+,35-,36?,37?/m1/s1. The maximum Gasteiger partial charge on any atom is 0.302 e. The highest BCUT2D eigenvalue weighted by Gasteiger charge is 2.69. The molecule has 1 amide bonds. The number of amides is 1. The Morgan fingerprint density at radius 3 is 2.15 bits per heavy atom. The van der Waals surface area contributed by atoms with E-state index in [2.05, 4.69) is 33.0 Å². The summed E-state index contributed by atoms with van der Waals surface area (Å²) < 4.78 is 12.6. The van der Waals surface area contributed by atoms with E-state index in [0.29, 0.717) is 37.6 Å². The van der Waals surface area contributed by atoms with Crippen LogP contribution < -0.4 is 5.32 Å². The summed E-state index contributed by atoms with van der Waals surface area (Å²) in [6.07, 6.45) is 9.76. The maximum atomic E-state index is 12.7. The Morgan fingerprint density at radius 2 is 1.51 bits per heavy atom. The third-order valence-corrected chi connectivity index (χ3v) is 14.0. The highest BCUT2D eigenvalue weighted by Crippen LogP contribution is 2.70. The number of fused-ring (bicyclic) bond motifs is 5. The molecule has 0 unspecified atom stereocenters. The first-order valence-electron chi connectivity index (χ1n) is 18.6. The molecule has 0 aromatic carbocycles. The van der Waals surface area contributed by atoms with Crippen molar-refractivity contribution in [3.05, 3.63) is 0 Å². The Hall–Kier alpha value is -1.75. The largest absolute Gasteiger partial charge is 0.462 e. The van der Waals surface area contributed by atoms with E-state index in [1.54, 1.807) is 0 Å². The molecule has 1 saturated heterocycles. The average molecular weight is 662 g/mol. The zero-order valence-corrected chi connectivity index (χ0v) is 29.8. The van der Waals surface area contributed by atoms with E-state index in [1.165, 1.54) is 13.8 Å². The van der Waals surface area contributed by atoms with Gasteiger partial charge in [-0.1, -0.05) is 27.7 Å². The first-order chi connectivity index (χ1) is 22.2. The van der Waals surface area contributed by atoms with E-state index >= 15 is 0 Å². The van der Waals surface area contributed by atoms with E-state index < -0.39 is 11.6 Å². The van der Waals surface area contributed by atoms with Crippen LogP contribution in [0.4, 0.5) is 0 Å². The van der Waals surface area contributed by atoms with Gasteiger partial charge in [-0.05, 0) is 99.2 Å². The Kier molecular flexibility index (Phi) is 9.84. The minimum Gasteiger partial charge on any atom is -0.462 e. The van der Waals surface area contributed by atoms with Crippen molar-refractivity contribution < 1.29 is 43.4 Å². The number of carbonyl (C=O) groups is 3. The molecule has 10 atom stereocenters. The van der Waals surface area contributed by atoms with Gasteiger partial charge in [0.05, 0.1) is 0 Å². The molecule has 266 valence electrons. The molecule has 6 fully saturated rings. The Labute approximate surface area is 280 Å². The van der Waals surface area contributed by atoms with Gasteiger partial charge in [-0.2, -0.15) is 19.6 Å². The van der Waals surface area contributed by atoms with Gasteiger partial charge >= 0.3 is 11.9 Å². The Morgan fingerprint density at radius 1 is 0.851 bits per heavy atom. The van der Waals surface area contributed by atoms with Crippen LogP contribution in [0.25, 0.3) is 0 Å². The third-order valence-electron chi connectivity index (χ3n) is 14.0. The number of hydrogen-bond donors (Lipinski definition) is 1. The van der Waals surface area contributed by atoms with Crippen molar-refractivity contribution in [1.82, 2.24) is 5.32 Å². The van der Waals surface area contributed by atoms with E-state index in [0.717, 1.165) is 64.2 Å². The Balaban J connectivity index is 1.26. The van der Waals surface area contributed by atoms with E-state index in [4.69, 9.17) is 29.0 Å². The lowest BCUT2D eigenvalue weighted by molar-refractivity contribution is -0.665. The lowest BCUT2D eigenvalue weighted by Crippen LogP contribution is -2.65. The molecule has 0 bridgehead atoms. The van der Waals surface area contributed by atoms with Crippen LogP contribution in [0.1, 0.15) is 132 Å². The predicted octanol–water partition coefficient (Wildman–Crippen LogP) is 6.79. The minimum atomic E-state index is -0.997. The highest BCUT2D eigenvalue weighted by atomic mass is 17.4. The van der Waals surface area contributed by atoms with Crippen molar-refractivity contribution in [1.29, 1.82) is 0 Å². The normalized spacial score (nSPS) is 46.5. The summed E-state index contributed by atoms with van der Waals surface area (Å²) in [6, 6.07) is 0. The smallest absolute Gasteiger partial charge is 0.302 e. The van der Waals surface area contributed by atoms with E-state index in [-0.39, 0.29) is 70.5 Å². The maximum absolute atomic E-state index is 12.7. The lowest BCUT2D eigenvalue weighted by Gasteiger charge is -2.65. The molecule has 0 aromatic heterocycles. The lowest BCUT2D eigenvalue weighted by atomic mass is 9.42. The summed E-state index contributed by atoms with van der Waals surface area (Å²) in [5.41, 5.74) is -0.385. The van der Waals surface area contributed by atoms with Crippen molar-refractivity contribution >= 4 is 17.8 Å². The number of ether oxygens (including phenoxy) is 2. The van der Waals surface area contributed by atoms with Gasteiger partial charge in [0.1, 0.15) is 12.2 Å². The topological polar surface area (TPSA) is 119 Å². The van der Waals surface area contributed by atoms with Crippen molar-refractivity contribution in [3.8, 4) is 0 Å². The van der Waals surface area contributed by atoms with Crippen molar-refractivity contribution in [3.63, 3.8) is 0 Å². The van der Waals surface area contributed by atoms with Crippen LogP contribution >= 0.6 is 0 Å². The predicted molar refractivity (Wildman–Crippen MR) is 172 cm³/mol. The first kappa shape index (κ1) is 35.1. The molecule has 1 N–H and O–H groups in total. The molecule has 1 heterocycles. The second-order valence-corrected chi connectivity index (χ2v) is 16.8. The second kappa shape index (κ2) is 13.2. The van der Waals surface area contributed by atoms with Gasteiger partial charge in [0.25, 0.3) is 0 Å². The number of rotatable bonds is 7. The molecule has 47 heavy (non-hydrogen) atoms. The summed E-state index contributed by atoms with van der Waals surface area (Å²) >= 11 is 0. The highest BCUT2D eigenvalue weighted by molar-refractivity contribution is 5.75. The molecule has 6 rings (SSSR count). The molecular weight excluding hydrogens is 602 g/mol. The molecule has 6 aliphatic rings. The number of nitrogens with one attached hydrogen (secondary N) is 1. The van der Waals surface area contributed by atoms with Crippen LogP contribution in [-0.2, 0) is 43.4 Å². The fraction of sp³-hybridized carbons (Fsp3) is 0.919.